The minimum absolute atomic E-state index is 0.0346. The Labute approximate surface area is 141 Å². The number of hydrogen-bond acceptors (Lipinski definition) is 4. The van der Waals surface area contributed by atoms with Crippen molar-refractivity contribution >= 4 is 22.6 Å². The van der Waals surface area contributed by atoms with Crippen LogP contribution >= 0.6 is 11.6 Å². The Kier molecular flexibility index (Phi) is 3.69. The highest BCUT2D eigenvalue weighted by Gasteiger charge is 2.27. The number of methoxy groups -OCH3 is 1. The molecule has 0 aliphatic carbocycles. The van der Waals surface area contributed by atoms with Gasteiger partial charge in [0.1, 0.15) is 17.0 Å². The van der Waals surface area contributed by atoms with E-state index in [9.17, 15) is 8.78 Å². The van der Waals surface area contributed by atoms with Crippen LogP contribution in [0.25, 0.3) is 22.3 Å². The van der Waals surface area contributed by atoms with Crippen molar-refractivity contribution in [3.05, 3.63) is 41.1 Å². The van der Waals surface area contributed by atoms with Crippen LogP contribution in [0.15, 0.2) is 18.3 Å². The zero-order valence-electron chi connectivity index (χ0n) is 12.8. The van der Waals surface area contributed by atoms with Gasteiger partial charge < -0.3 is 9.30 Å². The predicted molar refractivity (Wildman–Crippen MR) is 84.9 cm³/mol. The fourth-order valence-electron chi connectivity index (χ4n) is 3.24. The van der Waals surface area contributed by atoms with E-state index >= 15 is 0 Å². The molecule has 1 unspecified atom stereocenters. The third-order valence-corrected chi connectivity index (χ3v) is 4.42. The highest BCUT2D eigenvalue weighted by Crippen LogP contribution is 2.35. The van der Waals surface area contributed by atoms with Crippen molar-refractivity contribution in [2.45, 2.75) is 18.9 Å². The van der Waals surface area contributed by atoms with Gasteiger partial charge in [0.15, 0.2) is 11.6 Å². The van der Waals surface area contributed by atoms with Crippen LogP contribution in [-0.4, -0.2) is 33.2 Å². The van der Waals surface area contributed by atoms with Gasteiger partial charge in [-0.2, -0.15) is 0 Å². The molecule has 0 bridgehead atoms. The number of imidazole rings is 1. The van der Waals surface area contributed by atoms with Crippen molar-refractivity contribution in [2.75, 3.05) is 13.7 Å². The summed E-state index contributed by atoms with van der Waals surface area (Å²) in [6, 6.07) is 2.99. The fraction of sp³-hybridized carbons (Fsp3) is 0.312. The Balaban J connectivity index is 1.94. The quantitative estimate of drug-likeness (QED) is 0.678. The summed E-state index contributed by atoms with van der Waals surface area (Å²) in [6.07, 6.45) is 2.61. The molecular formula is C16H13ClF2N4O. The summed E-state index contributed by atoms with van der Waals surface area (Å²) in [5.74, 6) is -0.369. The maximum Gasteiger partial charge on any atom is 0.223 e. The van der Waals surface area contributed by atoms with Crippen LogP contribution in [0.5, 0.6) is 0 Å². The molecule has 1 aromatic carbocycles. The lowest BCUT2D eigenvalue weighted by molar-refractivity contribution is 0.160. The second-order valence-electron chi connectivity index (χ2n) is 5.71. The second kappa shape index (κ2) is 5.75. The van der Waals surface area contributed by atoms with E-state index in [0.29, 0.717) is 17.7 Å². The van der Waals surface area contributed by atoms with E-state index in [1.165, 1.54) is 6.07 Å². The lowest BCUT2D eigenvalue weighted by Crippen LogP contribution is -2.10. The molecule has 0 spiro atoms. The topological polar surface area (TPSA) is 52.8 Å². The van der Waals surface area contributed by atoms with Crippen molar-refractivity contribution in [3.8, 4) is 11.3 Å². The van der Waals surface area contributed by atoms with E-state index < -0.39 is 11.6 Å². The average molecular weight is 351 g/mol. The van der Waals surface area contributed by atoms with Crippen LogP contribution in [0.2, 0.25) is 5.28 Å². The van der Waals surface area contributed by atoms with Gasteiger partial charge in [0.05, 0.1) is 24.4 Å². The Hall–Kier alpha value is -2.12. The number of aryl methyl sites for hydroxylation is 1. The molecule has 24 heavy (non-hydrogen) atoms. The molecule has 0 amide bonds. The van der Waals surface area contributed by atoms with E-state index in [4.69, 9.17) is 16.3 Å². The highest BCUT2D eigenvalue weighted by molar-refractivity contribution is 6.28. The molecule has 1 atom stereocenters. The first kappa shape index (κ1) is 15.4. The van der Waals surface area contributed by atoms with Crippen LogP contribution in [0.1, 0.15) is 18.3 Å². The third kappa shape index (κ3) is 2.35. The van der Waals surface area contributed by atoms with E-state index in [1.54, 1.807) is 13.2 Å². The van der Waals surface area contributed by atoms with Gasteiger partial charge in [0.2, 0.25) is 5.28 Å². The third-order valence-electron chi connectivity index (χ3n) is 4.24. The summed E-state index contributed by atoms with van der Waals surface area (Å²) in [6.45, 7) is 0.512. The Morgan fingerprint density at radius 2 is 2.12 bits per heavy atom. The molecule has 0 fully saturated rings. The number of aromatic nitrogens is 4. The number of fused-ring (bicyclic) bond motifs is 3. The molecule has 5 nitrogen and oxygen atoms in total. The largest absolute Gasteiger partial charge is 0.383 e. The minimum atomic E-state index is -0.659. The summed E-state index contributed by atoms with van der Waals surface area (Å²) in [5, 5.41) is -0.0947. The summed E-state index contributed by atoms with van der Waals surface area (Å²) < 4.78 is 35.8. The molecule has 124 valence electrons. The van der Waals surface area contributed by atoms with Gasteiger partial charge in [0.25, 0.3) is 0 Å². The molecule has 8 heteroatoms. The zero-order valence-corrected chi connectivity index (χ0v) is 13.5. The monoisotopic (exact) mass is 350 g/mol. The van der Waals surface area contributed by atoms with E-state index in [-0.39, 0.29) is 22.5 Å². The number of rotatable bonds is 3. The van der Waals surface area contributed by atoms with Gasteiger partial charge in [-0.15, -0.1) is 0 Å². The molecule has 3 aromatic rings. The number of halogens is 3. The van der Waals surface area contributed by atoms with E-state index in [2.05, 4.69) is 15.0 Å². The second-order valence-corrected chi connectivity index (χ2v) is 6.05. The van der Waals surface area contributed by atoms with Crippen LogP contribution in [0, 0.1) is 11.6 Å². The van der Waals surface area contributed by atoms with Crippen molar-refractivity contribution in [3.63, 3.8) is 0 Å². The molecular weight excluding hydrogens is 338 g/mol. The van der Waals surface area contributed by atoms with Gasteiger partial charge in [-0.25, -0.2) is 23.7 Å². The molecule has 1 aliphatic heterocycles. The lowest BCUT2D eigenvalue weighted by Gasteiger charge is -2.13. The van der Waals surface area contributed by atoms with Gasteiger partial charge in [-0.1, -0.05) is 0 Å². The Morgan fingerprint density at radius 3 is 2.92 bits per heavy atom. The lowest BCUT2D eigenvalue weighted by atomic mass is 10.1. The number of benzene rings is 1. The van der Waals surface area contributed by atoms with Crippen LogP contribution in [0.3, 0.4) is 0 Å². The van der Waals surface area contributed by atoms with Crippen molar-refractivity contribution in [2.24, 2.45) is 0 Å². The van der Waals surface area contributed by atoms with Crippen molar-refractivity contribution in [1.82, 2.24) is 19.5 Å². The molecule has 2 aromatic heterocycles. The van der Waals surface area contributed by atoms with Crippen LogP contribution < -0.4 is 0 Å². The summed E-state index contributed by atoms with van der Waals surface area (Å²) in [4.78, 5) is 11.8. The van der Waals surface area contributed by atoms with Crippen molar-refractivity contribution < 1.29 is 13.5 Å². The first-order valence-corrected chi connectivity index (χ1v) is 7.84. The standard InChI is InChI=1S/C16H13ClF2N4O/c1-24-7-9-2-3-13-21-15-10(18)4-8(5-12(15)23(9)13)14-11(19)6-20-16(17)22-14/h4-6,9H,2-3,7H2,1H3. The molecule has 0 saturated carbocycles. The molecule has 0 saturated heterocycles. The average Bonchev–Trinajstić information content (AvgIpc) is 3.11. The van der Waals surface area contributed by atoms with Gasteiger partial charge >= 0.3 is 0 Å². The molecule has 1 aliphatic rings. The SMILES string of the molecule is COCC1CCc2nc3c(F)cc(-c4nc(Cl)ncc4F)cc3n21. The van der Waals surface area contributed by atoms with E-state index in [1.807, 2.05) is 4.57 Å². The van der Waals surface area contributed by atoms with Gasteiger partial charge in [0, 0.05) is 19.1 Å². The molecule has 3 heterocycles. The normalized spacial score (nSPS) is 16.8. The number of hydrogen-bond donors (Lipinski definition) is 0. The minimum Gasteiger partial charge on any atom is -0.383 e. The van der Waals surface area contributed by atoms with Crippen LogP contribution in [0.4, 0.5) is 8.78 Å². The zero-order chi connectivity index (χ0) is 16.8. The summed E-state index contributed by atoms with van der Waals surface area (Å²) in [5.41, 5.74) is 1.14. The van der Waals surface area contributed by atoms with Crippen molar-refractivity contribution in [1.29, 1.82) is 0 Å². The molecule has 0 radical (unpaired) electrons. The van der Waals surface area contributed by atoms with E-state index in [0.717, 1.165) is 24.9 Å². The Bertz CT molecular complexity index is 943. The summed E-state index contributed by atoms with van der Waals surface area (Å²) >= 11 is 5.75. The predicted octanol–water partition coefficient (Wildman–Crippen LogP) is 3.56. The molecule has 0 N–H and O–H groups in total. The number of nitrogens with zero attached hydrogens (tertiary/aromatic N) is 4. The molecule has 4 rings (SSSR count). The maximum absolute atomic E-state index is 14.5. The first-order chi connectivity index (χ1) is 11.6. The first-order valence-electron chi connectivity index (χ1n) is 7.46. The maximum atomic E-state index is 14.5. The highest BCUT2D eigenvalue weighted by atomic mass is 35.5. The van der Waals surface area contributed by atoms with Crippen LogP contribution in [-0.2, 0) is 11.2 Å². The van der Waals surface area contributed by atoms with Gasteiger partial charge in [-0.05, 0) is 30.2 Å². The smallest absolute Gasteiger partial charge is 0.223 e. The van der Waals surface area contributed by atoms with Gasteiger partial charge in [-0.3, -0.25) is 0 Å². The summed E-state index contributed by atoms with van der Waals surface area (Å²) in [7, 11) is 1.63. The number of ether oxygens (including phenoxy) is 1. The Morgan fingerprint density at radius 1 is 1.29 bits per heavy atom. The fourth-order valence-corrected chi connectivity index (χ4v) is 3.38.